The number of ether oxygens (including phenoxy) is 4. The maximum absolute atomic E-state index is 6.34. The maximum Gasteiger partial charge on any atom is 0.162 e. The molecule has 0 unspecified atom stereocenters. The monoisotopic (exact) mass is 260 g/mol. The molecule has 106 valence electrons. The van der Waals surface area contributed by atoms with Gasteiger partial charge < -0.3 is 30.4 Å². The molecule has 0 aliphatic carbocycles. The molecule has 18 heavy (non-hydrogen) atoms. The molecule has 2 fully saturated rings. The van der Waals surface area contributed by atoms with E-state index >= 15 is 0 Å². The highest BCUT2D eigenvalue weighted by Crippen LogP contribution is 2.33. The fourth-order valence-corrected chi connectivity index (χ4v) is 1.95. The third kappa shape index (κ3) is 2.54. The third-order valence-electron chi connectivity index (χ3n) is 3.70. The molecule has 0 atom stereocenters. The molecule has 0 spiro atoms. The van der Waals surface area contributed by atoms with Crippen molar-refractivity contribution in [1.82, 2.24) is 0 Å². The van der Waals surface area contributed by atoms with Crippen LogP contribution < -0.4 is 11.5 Å². The zero-order valence-electron chi connectivity index (χ0n) is 11.6. The molecule has 0 saturated carbocycles. The Morgan fingerprint density at radius 3 is 1.06 bits per heavy atom. The number of hydrogen-bond donors (Lipinski definition) is 2. The first-order valence-corrected chi connectivity index (χ1v) is 6.21. The Kier molecular flexibility index (Phi) is 3.25. The zero-order chi connectivity index (χ0) is 13.7. The SMILES string of the molecule is CC1(C)OCC(N)(C2(N)COC(C)(C)OC2)CO1. The van der Waals surface area contributed by atoms with Crippen molar-refractivity contribution in [3.8, 4) is 0 Å². The molecule has 2 heterocycles. The summed E-state index contributed by atoms with van der Waals surface area (Å²) in [5.74, 6) is -1.23. The molecule has 2 rings (SSSR count). The second-order valence-corrected chi connectivity index (χ2v) is 6.27. The number of hydrogen-bond acceptors (Lipinski definition) is 6. The first kappa shape index (κ1) is 14.2. The van der Waals surface area contributed by atoms with Crippen molar-refractivity contribution in [1.29, 1.82) is 0 Å². The second-order valence-electron chi connectivity index (χ2n) is 6.27. The van der Waals surface area contributed by atoms with Crippen LogP contribution in [0.15, 0.2) is 0 Å². The van der Waals surface area contributed by atoms with Gasteiger partial charge in [-0.05, 0) is 27.7 Å². The van der Waals surface area contributed by atoms with E-state index in [1.54, 1.807) is 0 Å². The Bertz CT molecular complexity index is 278. The van der Waals surface area contributed by atoms with Crippen molar-refractivity contribution in [3.63, 3.8) is 0 Å². The number of nitrogens with two attached hydrogens (primary N) is 2. The quantitative estimate of drug-likeness (QED) is 0.687. The second kappa shape index (κ2) is 4.13. The average molecular weight is 260 g/mol. The van der Waals surface area contributed by atoms with Crippen LogP contribution in [0, 0.1) is 0 Å². The Morgan fingerprint density at radius 2 is 0.833 bits per heavy atom. The molecular weight excluding hydrogens is 236 g/mol. The van der Waals surface area contributed by atoms with Crippen molar-refractivity contribution in [2.24, 2.45) is 11.5 Å². The van der Waals surface area contributed by atoms with E-state index in [0.717, 1.165) is 0 Å². The van der Waals surface area contributed by atoms with Gasteiger partial charge in [-0.2, -0.15) is 0 Å². The number of rotatable bonds is 1. The van der Waals surface area contributed by atoms with Crippen molar-refractivity contribution >= 4 is 0 Å². The highest BCUT2D eigenvalue weighted by molar-refractivity contribution is 5.10. The lowest BCUT2D eigenvalue weighted by Crippen LogP contribution is -2.78. The Labute approximate surface area is 108 Å². The summed E-state index contributed by atoms with van der Waals surface area (Å²) in [5, 5.41) is 0. The summed E-state index contributed by atoms with van der Waals surface area (Å²) in [4.78, 5) is 0. The van der Waals surface area contributed by atoms with Gasteiger partial charge in [-0.15, -0.1) is 0 Å². The molecule has 6 heteroatoms. The maximum atomic E-state index is 6.34. The van der Waals surface area contributed by atoms with Gasteiger partial charge in [-0.25, -0.2) is 0 Å². The van der Waals surface area contributed by atoms with E-state index in [2.05, 4.69) is 0 Å². The van der Waals surface area contributed by atoms with Crippen LogP contribution in [0.2, 0.25) is 0 Å². The lowest BCUT2D eigenvalue weighted by molar-refractivity contribution is -0.310. The summed E-state index contributed by atoms with van der Waals surface area (Å²) in [6.07, 6.45) is 0. The van der Waals surface area contributed by atoms with E-state index in [-0.39, 0.29) is 0 Å². The van der Waals surface area contributed by atoms with E-state index in [0.29, 0.717) is 26.4 Å². The van der Waals surface area contributed by atoms with Gasteiger partial charge in [0.15, 0.2) is 11.6 Å². The minimum atomic E-state index is -0.807. The summed E-state index contributed by atoms with van der Waals surface area (Å²) in [6.45, 7) is 8.71. The van der Waals surface area contributed by atoms with Gasteiger partial charge in [-0.3, -0.25) is 0 Å². The predicted molar refractivity (Wildman–Crippen MR) is 65.8 cm³/mol. The Hall–Kier alpha value is -0.240. The fourth-order valence-electron chi connectivity index (χ4n) is 1.95. The van der Waals surface area contributed by atoms with Crippen LogP contribution in [0.5, 0.6) is 0 Å². The third-order valence-corrected chi connectivity index (χ3v) is 3.70. The van der Waals surface area contributed by atoms with Crippen LogP contribution in [0.4, 0.5) is 0 Å². The normalized spacial score (nSPS) is 33.0. The van der Waals surface area contributed by atoms with E-state index < -0.39 is 22.7 Å². The molecule has 2 saturated heterocycles. The van der Waals surface area contributed by atoms with Crippen LogP contribution >= 0.6 is 0 Å². The van der Waals surface area contributed by atoms with Crippen molar-refractivity contribution in [2.75, 3.05) is 26.4 Å². The summed E-state index contributed by atoms with van der Waals surface area (Å²) in [6, 6.07) is 0. The lowest BCUT2D eigenvalue weighted by Gasteiger charge is -2.53. The molecule has 0 aromatic carbocycles. The van der Waals surface area contributed by atoms with Crippen molar-refractivity contribution < 1.29 is 18.9 Å². The minimum absolute atomic E-state index is 0.323. The Morgan fingerprint density at radius 1 is 0.611 bits per heavy atom. The minimum Gasteiger partial charge on any atom is -0.348 e. The van der Waals surface area contributed by atoms with E-state index in [1.165, 1.54) is 0 Å². The summed E-state index contributed by atoms with van der Waals surface area (Å²) in [5.41, 5.74) is 11.1. The van der Waals surface area contributed by atoms with Gasteiger partial charge in [0.25, 0.3) is 0 Å². The summed E-state index contributed by atoms with van der Waals surface area (Å²) < 4.78 is 22.5. The molecular formula is C12H24N2O4. The van der Waals surface area contributed by atoms with Crippen molar-refractivity contribution in [2.45, 2.75) is 50.3 Å². The molecule has 2 aliphatic rings. The molecule has 0 radical (unpaired) electrons. The Balaban J connectivity index is 2.07. The average Bonchev–Trinajstić information content (AvgIpc) is 2.27. The van der Waals surface area contributed by atoms with E-state index in [1.807, 2.05) is 27.7 Å². The molecule has 0 aromatic heterocycles. The van der Waals surface area contributed by atoms with Crippen LogP contribution in [-0.4, -0.2) is 49.1 Å². The van der Waals surface area contributed by atoms with Gasteiger partial charge in [0, 0.05) is 0 Å². The molecule has 0 aromatic rings. The predicted octanol–water partition coefficient (Wildman–Crippen LogP) is -0.0528. The summed E-state index contributed by atoms with van der Waals surface area (Å²) >= 11 is 0. The zero-order valence-corrected chi connectivity index (χ0v) is 11.6. The van der Waals surface area contributed by atoms with Crippen LogP contribution in [-0.2, 0) is 18.9 Å². The van der Waals surface area contributed by atoms with E-state index in [4.69, 9.17) is 30.4 Å². The smallest absolute Gasteiger partial charge is 0.162 e. The molecule has 2 aliphatic heterocycles. The van der Waals surface area contributed by atoms with Gasteiger partial charge in [0.1, 0.15) is 0 Å². The van der Waals surface area contributed by atoms with Gasteiger partial charge >= 0.3 is 0 Å². The topological polar surface area (TPSA) is 89.0 Å². The fraction of sp³-hybridized carbons (Fsp3) is 1.00. The largest absolute Gasteiger partial charge is 0.348 e. The first-order valence-electron chi connectivity index (χ1n) is 6.21. The highest BCUT2D eigenvalue weighted by Gasteiger charge is 2.54. The van der Waals surface area contributed by atoms with Crippen LogP contribution in [0.3, 0.4) is 0 Å². The van der Waals surface area contributed by atoms with Gasteiger partial charge in [-0.1, -0.05) is 0 Å². The van der Waals surface area contributed by atoms with Crippen molar-refractivity contribution in [3.05, 3.63) is 0 Å². The molecule has 4 N–H and O–H groups in total. The molecule has 0 bridgehead atoms. The lowest BCUT2D eigenvalue weighted by atomic mass is 9.78. The van der Waals surface area contributed by atoms with Crippen LogP contribution in [0.1, 0.15) is 27.7 Å². The van der Waals surface area contributed by atoms with Gasteiger partial charge in [0.2, 0.25) is 0 Å². The first-order chi connectivity index (χ1) is 8.08. The summed E-state index contributed by atoms with van der Waals surface area (Å²) in [7, 11) is 0. The van der Waals surface area contributed by atoms with Crippen LogP contribution in [0.25, 0.3) is 0 Å². The van der Waals surface area contributed by atoms with Gasteiger partial charge in [0.05, 0.1) is 37.5 Å². The molecule has 6 nitrogen and oxygen atoms in total. The molecule has 0 amide bonds. The van der Waals surface area contributed by atoms with E-state index in [9.17, 15) is 0 Å². The standard InChI is InChI=1S/C12H24N2O4/c1-9(2)15-5-11(13,6-16-9)12(14)7-17-10(3,4)18-8-12/h5-8,13-14H2,1-4H3. The highest BCUT2D eigenvalue weighted by atomic mass is 16.7.